The molecule has 26 heavy (non-hydrogen) atoms. The van der Waals surface area contributed by atoms with Crippen molar-refractivity contribution in [2.75, 3.05) is 17.2 Å². The molecule has 1 heterocycles. The summed E-state index contributed by atoms with van der Waals surface area (Å²) in [6.45, 7) is 3.08. The van der Waals surface area contributed by atoms with Gasteiger partial charge in [0.2, 0.25) is 5.95 Å². The van der Waals surface area contributed by atoms with Crippen molar-refractivity contribution < 1.29 is 4.74 Å². The number of aromatic nitrogens is 2. The Morgan fingerprint density at radius 3 is 2.42 bits per heavy atom. The first-order valence-electron chi connectivity index (χ1n) is 9.00. The van der Waals surface area contributed by atoms with Crippen molar-refractivity contribution in [3.8, 4) is 11.5 Å². The summed E-state index contributed by atoms with van der Waals surface area (Å²) in [5, 5.41) is 6.55. The summed E-state index contributed by atoms with van der Waals surface area (Å²) in [5.41, 5.74) is 0.945. The van der Waals surface area contributed by atoms with Crippen molar-refractivity contribution in [2.24, 2.45) is 0 Å². The molecule has 0 spiro atoms. The molecule has 0 radical (unpaired) electrons. The predicted octanol–water partition coefficient (Wildman–Crippen LogP) is 5.61. The van der Waals surface area contributed by atoms with Crippen molar-refractivity contribution in [1.82, 2.24) is 9.97 Å². The van der Waals surface area contributed by atoms with E-state index < -0.39 is 0 Å². The maximum absolute atomic E-state index is 5.80. The molecule has 3 aromatic rings. The average molecular weight is 348 g/mol. The molecule has 0 atom stereocenters. The molecule has 5 heteroatoms. The van der Waals surface area contributed by atoms with Crippen molar-refractivity contribution in [3.63, 3.8) is 0 Å². The summed E-state index contributed by atoms with van der Waals surface area (Å²) < 4.78 is 5.80. The minimum atomic E-state index is 0.648. The highest BCUT2D eigenvalue weighted by molar-refractivity contribution is 5.58. The second-order valence-corrected chi connectivity index (χ2v) is 5.96. The maximum atomic E-state index is 5.80. The van der Waals surface area contributed by atoms with Crippen molar-refractivity contribution >= 4 is 17.5 Å². The highest BCUT2D eigenvalue weighted by Crippen LogP contribution is 2.24. The molecular weight excluding hydrogens is 324 g/mol. The quantitative estimate of drug-likeness (QED) is 0.492. The van der Waals surface area contributed by atoms with E-state index in [4.69, 9.17) is 4.74 Å². The number of hydrogen-bond acceptors (Lipinski definition) is 5. The predicted molar refractivity (Wildman–Crippen MR) is 106 cm³/mol. The molecule has 0 unspecified atom stereocenters. The van der Waals surface area contributed by atoms with Crippen LogP contribution in [0, 0.1) is 0 Å². The Morgan fingerprint density at radius 1 is 0.885 bits per heavy atom. The third-order valence-corrected chi connectivity index (χ3v) is 3.82. The van der Waals surface area contributed by atoms with E-state index >= 15 is 0 Å². The van der Waals surface area contributed by atoms with Crippen LogP contribution in [0.15, 0.2) is 66.9 Å². The number of rotatable bonds is 9. The Labute approximate surface area is 154 Å². The first-order valence-corrected chi connectivity index (χ1v) is 9.00. The van der Waals surface area contributed by atoms with Gasteiger partial charge in [0.1, 0.15) is 17.3 Å². The number of hydrogen-bond donors (Lipinski definition) is 2. The SMILES string of the molecule is CCCCCNc1nccc(Nc2ccc(Oc3ccccc3)cc2)n1. The van der Waals surface area contributed by atoms with Gasteiger partial charge in [0.15, 0.2) is 0 Å². The van der Waals surface area contributed by atoms with Crippen molar-refractivity contribution in [1.29, 1.82) is 0 Å². The minimum absolute atomic E-state index is 0.648. The molecule has 2 aromatic carbocycles. The molecule has 0 aliphatic rings. The lowest BCUT2D eigenvalue weighted by Crippen LogP contribution is -2.06. The van der Waals surface area contributed by atoms with Gasteiger partial charge in [-0.05, 0) is 48.9 Å². The fourth-order valence-corrected chi connectivity index (χ4v) is 2.47. The Hall–Kier alpha value is -3.08. The van der Waals surface area contributed by atoms with Crippen LogP contribution < -0.4 is 15.4 Å². The first-order chi connectivity index (χ1) is 12.8. The number of nitrogens with one attached hydrogen (secondary N) is 2. The second kappa shape index (κ2) is 9.42. The lowest BCUT2D eigenvalue weighted by Gasteiger charge is -2.09. The molecule has 1 aromatic heterocycles. The van der Waals surface area contributed by atoms with Crippen LogP contribution in [0.4, 0.5) is 17.5 Å². The van der Waals surface area contributed by atoms with Crippen LogP contribution in [0.3, 0.4) is 0 Å². The molecular formula is C21H24N4O. The lowest BCUT2D eigenvalue weighted by atomic mass is 10.2. The molecule has 5 nitrogen and oxygen atoms in total. The van der Waals surface area contributed by atoms with E-state index in [1.165, 1.54) is 12.8 Å². The topological polar surface area (TPSA) is 59.1 Å². The molecule has 0 bridgehead atoms. The van der Waals surface area contributed by atoms with Crippen LogP contribution in [0.25, 0.3) is 0 Å². The fourth-order valence-electron chi connectivity index (χ4n) is 2.47. The van der Waals surface area contributed by atoms with Gasteiger partial charge in [0.05, 0.1) is 0 Å². The number of unbranched alkanes of at least 4 members (excludes halogenated alkanes) is 2. The third kappa shape index (κ3) is 5.48. The van der Waals surface area contributed by atoms with Crippen LogP contribution in [0.1, 0.15) is 26.2 Å². The van der Waals surface area contributed by atoms with E-state index in [0.29, 0.717) is 5.95 Å². The zero-order valence-corrected chi connectivity index (χ0v) is 15.0. The molecule has 2 N–H and O–H groups in total. The molecule has 0 saturated carbocycles. The number of ether oxygens (including phenoxy) is 1. The van der Waals surface area contributed by atoms with E-state index in [0.717, 1.165) is 36.0 Å². The Kier molecular flexibility index (Phi) is 6.42. The molecule has 134 valence electrons. The minimum Gasteiger partial charge on any atom is -0.457 e. The van der Waals surface area contributed by atoms with Gasteiger partial charge < -0.3 is 15.4 Å². The van der Waals surface area contributed by atoms with Crippen LogP contribution in [0.5, 0.6) is 11.5 Å². The molecule has 0 aliphatic heterocycles. The molecule has 0 aliphatic carbocycles. The van der Waals surface area contributed by atoms with E-state index in [2.05, 4.69) is 27.5 Å². The zero-order chi connectivity index (χ0) is 18.0. The second-order valence-electron chi connectivity index (χ2n) is 5.96. The smallest absolute Gasteiger partial charge is 0.224 e. The molecule has 3 rings (SSSR count). The molecule has 0 saturated heterocycles. The van der Waals surface area contributed by atoms with Crippen LogP contribution in [-0.2, 0) is 0 Å². The zero-order valence-electron chi connectivity index (χ0n) is 15.0. The van der Waals surface area contributed by atoms with Gasteiger partial charge in [-0.2, -0.15) is 4.98 Å². The summed E-state index contributed by atoms with van der Waals surface area (Å²) in [4.78, 5) is 8.75. The molecule has 0 fully saturated rings. The van der Waals surface area contributed by atoms with E-state index in [9.17, 15) is 0 Å². The fraction of sp³-hybridized carbons (Fsp3) is 0.238. The third-order valence-electron chi connectivity index (χ3n) is 3.82. The van der Waals surface area contributed by atoms with Gasteiger partial charge in [-0.15, -0.1) is 0 Å². The summed E-state index contributed by atoms with van der Waals surface area (Å²) in [6, 6.07) is 19.4. The Bertz CT molecular complexity index is 791. The van der Waals surface area contributed by atoms with E-state index in [1.54, 1.807) is 6.20 Å². The van der Waals surface area contributed by atoms with E-state index in [1.807, 2.05) is 60.7 Å². The summed E-state index contributed by atoms with van der Waals surface area (Å²) in [6.07, 6.45) is 5.29. The lowest BCUT2D eigenvalue weighted by molar-refractivity contribution is 0.483. The highest BCUT2D eigenvalue weighted by Gasteiger charge is 2.01. The Balaban J connectivity index is 1.57. The van der Waals surface area contributed by atoms with Gasteiger partial charge in [0.25, 0.3) is 0 Å². The van der Waals surface area contributed by atoms with Gasteiger partial charge in [-0.3, -0.25) is 0 Å². The first kappa shape index (κ1) is 17.7. The van der Waals surface area contributed by atoms with Crippen LogP contribution in [0.2, 0.25) is 0 Å². The average Bonchev–Trinajstić information content (AvgIpc) is 2.68. The summed E-state index contributed by atoms with van der Waals surface area (Å²) >= 11 is 0. The summed E-state index contributed by atoms with van der Waals surface area (Å²) in [7, 11) is 0. The number of benzene rings is 2. The van der Waals surface area contributed by atoms with Crippen molar-refractivity contribution in [3.05, 3.63) is 66.9 Å². The van der Waals surface area contributed by atoms with Gasteiger partial charge >= 0.3 is 0 Å². The van der Waals surface area contributed by atoms with Gasteiger partial charge in [-0.25, -0.2) is 4.98 Å². The number of nitrogens with zero attached hydrogens (tertiary/aromatic N) is 2. The molecule has 0 amide bonds. The monoisotopic (exact) mass is 348 g/mol. The number of para-hydroxylation sites is 1. The van der Waals surface area contributed by atoms with Crippen LogP contribution in [-0.4, -0.2) is 16.5 Å². The largest absolute Gasteiger partial charge is 0.457 e. The maximum Gasteiger partial charge on any atom is 0.224 e. The standard InChI is InChI=1S/C21H24N4O/c1-2-3-7-15-22-21-23-16-14-20(25-21)24-17-10-12-19(13-11-17)26-18-8-5-4-6-9-18/h4-6,8-14,16H,2-3,7,15H2,1H3,(H2,22,23,24,25). The van der Waals surface area contributed by atoms with Gasteiger partial charge in [0, 0.05) is 18.4 Å². The number of anilines is 3. The Morgan fingerprint density at radius 2 is 1.65 bits per heavy atom. The van der Waals surface area contributed by atoms with Crippen molar-refractivity contribution in [2.45, 2.75) is 26.2 Å². The highest BCUT2D eigenvalue weighted by atomic mass is 16.5. The van der Waals surface area contributed by atoms with Crippen LogP contribution >= 0.6 is 0 Å². The summed E-state index contributed by atoms with van der Waals surface area (Å²) in [5.74, 6) is 3.02. The van der Waals surface area contributed by atoms with Gasteiger partial charge in [-0.1, -0.05) is 38.0 Å². The van der Waals surface area contributed by atoms with E-state index in [-0.39, 0.29) is 0 Å². The normalized spacial score (nSPS) is 10.3.